The van der Waals surface area contributed by atoms with E-state index in [-0.39, 0.29) is 12.6 Å². The summed E-state index contributed by atoms with van der Waals surface area (Å²) in [5, 5.41) is 12.7. The number of urea groups is 1. The van der Waals surface area contributed by atoms with Crippen LogP contribution in [-0.4, -0.2) is 32.6 Å². The second-order valence-electron chi connectivity index (χ2n) is 8.37. The van der Waals surface area contributed by atoms with E-state index in [0.717, 1.165) is 41.4 Å². The number of nitrogens with one attached hydrogen (secondary N) is 1. The zero-order valence-electron chi connectivity index (χ0n) is 16.6. The summed E-state index contributed by atoms with van der Waals surface area (Å²) >= 11 is 0. The highest BCUT2D eigenvalue weighted by Gasteiger charge is 2.42. The molecule has 2 N–H and O–H groups in total. The zero-order chi connectivity index (χ0) is 19.7. The number of fused-ring (bicyclic) bond motifs is 1. The number of rotatable bonds is 6. The number of hydrogen-bond donors (Lipinski definition) is 2. The maximum Gasteiger partial charge on any atom is 0.319 e. The Kier molecular flexibility index (Phi) is 5.06. The lowest BCUT2D eigenvalue weighted by Gasteiger charge is -2.33. The van der Waals surface area contributed by atoms with Crippen LogP contribution in [0.4, 0.5) is 4.79 Å². The Hall–Kier alpha value is -2.47. The van der Waals surface area contributed by atoms with Gasteiger partial charge in [0.15, 0.2) is 0 Å². The molecule has 0 radical (unpaired) electrons. The quantitative estimate of drug-likeness (QED) is 0.806. The van der Waals surface area contributed by atoms with E-state index < -0.39 is 11.6 Å². The molecule has 6 heteroatoms. The smallest absolute Gasteiger partial charge is 0.319 e. The van der Waals surface area contributed by atoms with Crippen molar-refractivity contribution in [2.45, 2.75) is 57.7 Å². The molecule has 4 rings (SSSR count). The van der Waals surface area contributed by atoms with E-state index in [1.54, 1.807) is 4.90 Å². The molecule has 1 aliphatic heterocycles. The third kappa shape index (κ3) is 3.74. The maximum absolute atomic E-state index is 13.0. The molecule has 28 heavy (non-hydrogen) atoms. The lowest BCUT2D eigenvalue weighted by molar-refractivity contribution is 0.136. The molecule has 1 atom stereocenters. The van der Waals surface area contributed by atoms with Gasteiger partial charge in [0.25, 0.3) is 0 Å². The molecule has 2 aromatic rings. The van der Waals surface area contributed by atoms with Crippen LogP contribution in [0.2, 0.25) is 0 Å². The third-order valence-electron chi connectivity index (χ3n) is 5.96. The van der Waals surface area contributed by atoms with Crippen LogP contribution in [0.5, 0.6) is 0 Å². The van der Waals surface area contributed by atoms with Crippen LogP contribution in [0.3, 0.4) is 0 Å². The molecule has 1 aromatic heterocycles. The molecule has 1 saturated carbocycles. The number of aliphatic hydroxyl groups excluding tert-OH is 1. The second-order valence-corrected chi connectivity index (χ2v) is 8.37. The Bertz CT molecular complexity index is 849. The van der Waals surface area contributed by atoms with E-state index in [4.69, 9.17) is 4.98 Å². The van der Waals surface area contributed by atoms with Crippen molar-refractivity contribution in [3.8, 4) is 0 Å². The molecule has 1 aliphatic carbocycles. The second kappa shape index (κ2) is 7.51. The zero-order valence-corrected chi connectivity index (χ0v) is 16.6. The predicted octanol–water partition coefficient (Wildman–Crippen LogP) is 3.31. The third-order valence-corrected chi connectivity index (χ3v) is 5.96. The Morgan fingerprint density at radius 1 is 1.32 bits per heavy atom. The van der Waals surface area contributed by atoms with Crippen LogP contribution >= 0.6 is 0 Å². The minimum atomic E-state index is -0.495. The summed E-state index contributed by atoms with van der Waals surface area (Å²) in [6.45, 7) is 4.34. The molecule has 0 unspecified atom stereocenters. The molecular formula is C22H28N4O2. The molecule has 2 amide bonds. The summed E-state index contributed by atoms with van der Waals surface area (Å²) in [4.78, 5) is 24.1. The fraction of sp³-hybridized carbons (Fsp3) is 0.500. The normalized spacial score (nSPS) is 18.6. The van der Waals surface area contributed by atoms with Crippen molar-refractivity contribution in [1.29, 1.82) is 0 Å². The molecule has 1 aromatic carbocycles. The number of carbonyl (C=O) groups is 1. The van der Waals surface area contributed by atoms with Gasteiger partial charge in [-0.15, -0.1) is 0 Å². The van der Waals surface area contributed by atoms with Crippen molar-refractivity contribution in [3.63, 3.8) is 0 Å². The highest BCUT2D eigenvalue weighted by atomic mass is 16.3. The Labute approximate surface area is 166 Å². The average Bonchev–Trinajstić information content (AvgIpc) is 3.49. The minimum absolute atomic E-state index is 0.151. The minimum Gasteiger partial charge on any atom is -0.394 e. The highest BCUT2D eigenvalue weighted by molar-refractivity contribution is 5.77. The van der Waals surface area contributed by atoms with Gasteiger partial charge in [-0.2, -0.15) is 0 Å². The number of aryl methyl sites for hydroxylation is 1. The molecule has 2 aliphatic rings. The van der Waals surface area contributed by atoms with E-state index in [1.165, 1.54) is 12.8 Å². The van der Waals surface area contributed by atoms with Crippen molar-refractivity contribution >= 4 is 6.03 Å². The Balaban J connectivity index is 1.48. The maximum atomic E-state index is 13.0. The van der Waals surface area contributed by atoms with Gasteiger partial charge in [0.1, 0.15) is 5.82 Å². The summed E-state index contributed by atoms with van der Waals surface area (Å²) in [6.07, 6.45) is 6.62. The monoisotopic (exact) mass is 380 g/mol. The van der Waals surface area contributed by atoms with Gasteiger partial charge < -0.3 is 15.3 Å². The van der Waals surface area contributed by atoms with E-state index in [1.807, 2.05) is 50.4 Å². The lowest BCUT2D eigenvalue weighted by Crippen LogP contribution is -2.47. The fourth-order valence-corrected chi connectivity index (χ4v) is 3.92. The SMILES string of the molecule is CC1(C)c2cnc(CCC3CC3)nc2CN1C(=O)N[C@H](CO)c1ccccc1. The Morgan fingerprint density at radius 2 is 2.07 bits per heavy atom. The number of hydrogen-bond acceptors (Lipinski definition) is 4. The van der Waals surface area contributed by atoms with Gasteiger partial charge in [0.05, 0.1) is 30.4 Å². The van der Waals surface area contributed by atoms with Gasteiger partial charge in [-0.05, 0) is 31.7 Å². The van der Waals surface area contributed by atoms with E-state index >= 15 is 0 Å². The molecule has 0 spiro atoms. The summed E-state index contributed by atoms with van der Waals surface area (Å²) < 4.78 is 0. The van der Waals surface area contributed by atoms with Gasteiger partial charge in [0.2, 0.25) is 0 Å². The van der Waals surface area contributed by atoms with Gasteiger partial charge in [-0.3, -0.25) is 0 Å². The highest BCUT2D eigenvalue weighted by Crippen LogP contribution is 2.38. The van der Waals surface area contributed by atoms with Crippen molar-refractivity contribution < 1.29 is 9.90 Å². The van der Waals surface area contributed by atoms with Crippen molar-refractivity contribution in [3.05, 3.63) is 59.2 Å². The van der Waals surface area contributed by atoms with Gasteiger partial charge in [-0.1, -0.05) is 43.2 Å². The standard InChI is InChI=1S/C22H28N4O2/c1-22(2)17-12-23-20(11-10-15-8-9-15)24-18(17)13-26(22)21(28)25-19(14-27)16-6-4-3-5-7-16/h3-7,12,15,19,27H,8-11,13-14H2,1-2H3,(H,25,28)/t19-/m1/s1. The van der Waals surface area contributed by atoms with Crippen molar-refractivity contribution in [1.82, 2.24) is 20.2 Å². The number of aliphatic hydroxyl groups is 1. The van der Waals surface area contributed by atoms with Gasteiger partial charge >= 0.3 is 6.03 Å². The lowest BCUT2D eigenvalue weighted by atomic mass is 9.97. The van der Waals surface area contributed by atoms with Crippen LogP contribution in [0.15, 0.2) is 36.5 Å². The van der Waals surface area contributed by atoms with Crippen molar-refractivity contribution in [2.24, 2.45) is 5.92 Å². The first kappa shape index (κ1) is 18.9. The van der Waals surface area contributed by atoms with Crippen LogP contribution in [0, 0.1) is 5.92 Å². The first-order valence-electron chi connectivity index (χ1n) is 10.1. The fourth-order valence-electron chi connectivity index (χ4n) is 3.92. The van der Waals surface area contributed by atoms with Gasteiger partial charge in [0, 0.05) is 18.2 Å². The van der Waals surface area contributed by atoms with Crippen LogP contribution in [0.1, 0.15) is 61.8 Å². The molecular weight excluding hydrogens is 352 g/mol. The predicted molar refractivity (Wildman–Crippen MR) is 106 cm³/mol. The number of carbonyl (C=O) groups excluding carboxylic acids is 1. The number of amides is 2. The largest absolute Gasteiger partial charge is 0.394 e. The first-order chi connectivity index (χ1) is 13.5. The average molecular weight is 380 g/mol. The number of nitrogens with zero attached hydrogens (tertiary/aromatic N) is 3. The first-order valence-corrected chi connectivity index (χ1v) is 10.1. The van der Waals surface area contributed by atoms with Crippen molar-refractivity contribution in [2.75, 3.05) is 6.61 Å². The van der Waals surface area contributed by atoms with Crippen LogP contribution in [-0.2, 0) is 18.5 Å². The summed E-state index contributed by atoms with van der Waals surface area (Å²) in [5.74, 6) is 1.73. The summed E-state index contributed by atoms with van der Waals surface area (Å²) in [5.41, 5.74) is 2.32. The molecule has 148 valence electrons. The van der Waals surface area contributed by atoms with Crippen LogP contribution < -0.4 is 5.32 Å². The summed E-state index contributed by atoms with van der Waals surface area (Å²) in [7, 11) is 0. The summed E-state index contributed by atoms with van der Waals surface area (Å²) in [6, 6.07) is 8.89. The molecule has 0 bridgehead atoms. The van der Waals surface area contributed by atoms with E-state index in [0.29, 0.717) is 6.54 Å². The molecule has 1 fully saturated rings. The molecule has 0 saturated heterocycles. The van der Waals surface area contributed by atoms with E-state index in [9.17, 15) is 9.90 Å². The van der Waals surface area contributed by atoms with E-state index in [2.05, 4.69) is 10.3 Å². The van der Waals surface area contributed by atoms with Crippen LogP contribution in [0.25, 0.3) is 0 Å². The Morgan fingerprint density at radius 3 is 2.75 bits per heavy atom. The molecule has 6 nitrogen and oxygen atoms in total. The molecule has 2 heterocycles. The van der Waals surface area contributed by atoms with Gasteiger partial charge in [-0.25, -0.2) is 14.8 Å². The topological polar surface area (TPSA) is 78.4 Å². The number of benzene rings is 1. The number of aromatic nitrogens is 2.